The third-order valence-corrected chi connectivity index (χ3v) is 18.8. The molecule has 11 aliphatic rings. The molecule has 1 amide bonds. The fourth-order valence-electron chi connectivity index (χ4n) is 16.0. The molecule has 14 heteroatoms. The maximum atomic E-state index is 15.3. The van der Waals surface area contributed by atoms with Gasteiger partial charge in [0, 0.05) is 69.5 Å². The molecule has 7 fully saturated rings. The van der Waals surface area contributed by atoms with Crippen molar-refractivity contribution in [2.45, 2.75) is 164 Å². The van der Waals surface area contributed by atoms with Gasteiger partial charge in [-0.15, -0.1) is 5.92 Å². The molecule has 18 atom stereocenters. The van der Waals surface area contributed by atoms with Gasteiger partial charge in [-0.25, -0.2) is 0 Å². The normalized spacial score (nSPS) is 50.7. The topological polar surface area (TPSA) is 210 Å². The van der Waals surface area contributed by atoms with Crippen molar-refractivity contribution < 1.29 is 54.4 Å². The zero-order chi connectivity index (χ0) is 43.1. The Balaban J connectivity index is 1.13. The summed E-state index contributed by atoms with van der Waals surface area (Å²) in [5.74, 6) is 1.89. The molecule has 3 saturated heterocycles. The van der Waals surface area contributed by atoms with Gasteiger partial charge in [-0.05, 0) is 119 Å². The van der Waals surface area contributed by atoms with Gasteiger partial charge in [0.1, 0.15) is 24.0 Å². The second-order valence-electron chi connectivity index (χ2n) is 21.6. The van der Waals surface area contributed by atoms with E-state index in [1.54, 1.807) is 18.9 Å². The van der Waals surface area contributed by atoms with Gasteiger partial charge in [0.15, 0.2) is 5.78 Å². The van der Waals surface area contributed by atoms with Crippen LogP contribution in [0.2, 0.25) is 0 Å². The van der Waals surface area contributed by atoms with E-state index in [1.165, 1.54) is 6.92 Å². The number of amides is 1. The van der Waals surface area contributed by atoms with Crippen molar-refractivity contribution in [3.63, 3.8) is 0 Å². The monoisotopic (exact) mass is 851 g/mol. The Labute approximate surface area is 359 Å². The third-order valence-electron chi connectivity index (χ3n) is 18.8. The van der Waals surface area contributed by atoms with Gasteiger partial charge in [0.2, 0.25) is 11.7 Å². The largest absolute Gasteiger partial charge is 0.392 e. The Morgan fingerprint density at radius 3 is 2.62 bits per heavy atom. The Bertz CT molecular complexity index is 1890. The van der Waals surface area contributed by atoms with Crippen LogP contribution in [0.15, 0.2) is 11.1 Å². The first-order valence-corrected chi connectivity index (χ1v) is 23.5. The van der Waals surface area contributed by atoms with E-state index in [1.807, 2.05) is 0 Å². The lowest BCUT2D eigenvalue weighted by Gasteiger charge is -2.71. The molecule has 8 N–H and O–H groups in total. The Hall–Kier alpha value is -2.00. The lowest BCUT2D eigenvalue weighted by atomic mass is 9.32. The molecule has 0 aromatic heterocycles. The zero-order valence-corrected chi connectivity index (χ0v) is 36.4. The molecule has 2 spiro atoms. The smallest absolute Gasteiger partial charge is 0.240 e. The number of aliphatic hydroxyl groups excluding tert-OH is 2. The molecule has 6 aliphatic carbocycles. The van der Waals surface area contributed by atoms with Gasteiger partial charge in [-0.3, -0.25) is 14.9 Å². The lowest BCUT2D eigenvalue weighted by molar-refractivity contribution is -0.347. The van der Waals surface area contributed by atoms with Crippen molar-refractivity contribution in [2.75, 3.05) is 40.0 Å². The molecule has 11 rings (SSSR count). The number of nitrogens with zero attached hydrogens (tertiary/aromatic N) is 1. The van der Waals surface area contributed by atoms with Crippen molar-refractivity contribution in [1.29, 1.82) is 0 Å². The Kier molecular flexibility index (Phi) is 10.4. The molecule has 5 heterocycles. The highest BCUT2D eigenvalue weighted by Crippen LogP contribution is 2.81. The number of hydrogen-bond acceptors (Lipinski definition) is 13. The van der Waals surface area contributed by atoms with E-state index in [-0.39, 0.29) is 61.1 Å². The van der Waals surface area contributed by atoms with Gasteiger partial charge in [0.05, 0.1) is 35.3 Å². The minimum Gasteiger partial charge on any atom is -0.392 e. The number of fused-ring (bicyclic) bond motifs is 3. The minimum absolute atomic E-state index is 0.0729. The molecule has 14 nitrogen and oxygen atoms in total. The Morgan fingerprint density at radius 1 is 1.05 bits per heavy atom. The van der Waals surface area contributed by atoms with Crippen LogP contribution in [0, 0.1) is 63.6 Å². The van der Waals surface area contributed by atoms with Crippen LogP contribution in [0.25, 0.3) is 0 Å². The van der Waals surface area contributed by atoms with E-state index >= 15 is 4.79 Å². The quantitative estimate of drug-likeness (QED) is 0.0710. The highest BCUT2D eigenvalue weighted by molar-refractivity contribution is 6.01. The average Bonchev–Trinajstić information content (AvgIpc) is 3.82. The summed E-state index contributed by atoms with van der Waals surface area (Å²) in [6, 6.07) is -0.867. The van der Waals surface area contributed by atoms with E-state index in [0.29, 0.717) is 76.7 Å². The first-order chi connectivity index (χ1) is 29.0. The van der Waals surface area contributed by atoms with Gasteiger partial charge < -0.3 is 55.1 Å². The van der Waals surface area contributed by atoms with E-state index in [9.17, 15) is 35.4 Å². The summed E-state index contributed by atoms with van der Waals surface area (Å²) >= 11 is 0. The van der Waals surface area contributed by atoms with Gasteiger partial charge >= 0.3 is 0 Å². The van der Waals surface area contributed by atoms with Crippen molar-refractivity contribution in [3.05, 3.63) is 11.1 Å². The van der Waals surface area contributed by atoms with Crippen LogP contribution in [0.1, 0.15) is 104 Å². The fraction of sp³-hybridized carbons (Fsp3) is 0.872. The zero-order valence-electron chi connectivity index (χ0n) is 36.4. The summed E-state index contributed by atoms with van der Waals surface area (Å²) in [4.78, 5) is 31.3. The molecular weight excluding hydrogens is 783 g/mol. The number of carbonyl (C=O) groups excluding carboxylic acids is 2. The molecule has 0 radical (unpaired) electrons. The molecule has 8 bridgehead atoms. The van der Waals surface area contributed by atoms with Crippen LogP contribution in [-0.4, -0.2) is 147 Å². The molecule has 4 saturated carbocycles. The number of nitrogens with one attached hydrogen (secondary N) is 2. The van der Waals surface area contributed by atoms with E-state index in [0.717, 1.165) is 31.3 Å². The van der Waals surface area contributed by atoms with Crippen LogP contribution in [0.3, 0.4) is 0 Å². The molecule has 0 aromatic rings. The molecular formula is C47H69N3O11. The number of carbonyl (C=O) groups is 2. The average molecular weight is 852 g/mol. The van der Waals surface area contributed by atoms with Crippen LogP contribution >= 0.6 is 0 Å². The first-order valence-electron chi connectivity index (χ1n) is 23.5. The van der Waals surface area contributed by atoms with Crippen LogP contribution in [0.5, 0.6) is 0 Å². The lowest BCUT2D eigenvalue weighted by Crippen LogP contribution is -2.74. The summed E-state index contributed by atoms with van der Waals surface area (Å²) in [5.41, 5.74) is -4.77. The summed E-state index contributed by atoms with van der Waals surface area (Å²) in [7, 11) is 1.68. The maximum absolute atomic E-state index is 15.3. The number of allylic oxidation sites excluding steroid dienone is 1. The molecule has 338 valence electrons. The van der Waals surface area contributed by atoms with E-state index in [4.69, 9.17) is 14.2 Å². The second-order valence-corrected chi connectivity index (χ2v) is 21.6. The molecule has 5 aliphatic heterocycles. The van der Waals surface area contributed by atoms with E-state index < -0.39 is 81.6 Å². The van der Waals surface area contributed by atoms with Gasteiger partial charge in [-0.2, -0.15) is 0 Å². The second kappa shape index (κ2) is 14.8. The highest BCUT2D eigenvalue weighted by Gasteiger charge is 2.82. The minimum atomic E-state index is -2.87. The molecule has 18 unspecified atom stereocenters. The first kappa shape index (κ1) is 42.9. The van der Waals surface area contributed by atoms with Crippen molar-refractivity contribution in [1.82, 2.24) is 15.5 Å². The number of aliphatic hydroxyl groups is 6. The number of methoxy groups -OCH3 is 1. The fourth-order valence-corrected chi connectivity index (χ4v) is 16.0. The van der Waals surface area contributed by atoms with Crippen molar-refractivity contribution >= 4 is 11.7 Å². The van der Waals surface area contributed by atoms with Crippen LogP contribution < -0.4 is 10.6 Å². The summed E-state index contributed by atoms with van der Waals surface area (Å²) in [6.07, 6.45) is 3.18. The maximum Gasteiger partial charge on any atom is 0.240 e. The SMILES string of the molecule is COCCCOC1CCC2(C)C(C1)C(=O)C1=C3C4(O)C(CC1)CC1C(C)(O)C(O)(O)C5OC6C(O)NC(CC6C5CNCC(C)O)C(=O)N5CC5CC#CC32C2CCCC14C2. The predicted octanol–water partition coefficient (Wildman–Crippen LogP) is 1.13. The number of rotatable bonds is 9. The number of ketones is 1. The standard InChI is InChI=1S/C47H69N3O11/c1-25(51)22-48-23-32-31-20-34-41(54)50-24-28(50)9-6-14-45-27-8-5-13-44(21-27)35(43(3,55)47(57,58)39(32)61-37(31)40(53)49-34)18-26-10-11-30(38(45)46(26,44)56)36(52)33-19-29(12-15-42(33,45)2)60-17-7-16-59-4/h25-29,31-35,37,39-40,48-49,51,53,55-58H,5,7-13,15-24H2,1-4H3. The van der Waals surface area contributed by atoms with Gasteiger partial charge in [0.25, 0.3) is 0 Å². The Morgan fingerprint density at radius 2 is 1.85 bits per heavy atom. The summed E-state index contributed by atoms with van der Waals surface area (Å²) in [5, 5.41) is 81.0. The third kappa shape index (κ3) is 5.81. The number of ether oxygens (including phenoxy) is 3. The van der Waals surface area contributed by atoms with Crippen molar-refractivity contribution in [3.8, 4) is 11.8 Å². The van der Waals surface area contributed by atoms with Crippen LogP contribution in [-0.2, 0) is 23.8 Å². The molecule has 61 heavy (non-hydrogen) atoms. The predicted molar refractivity (Wildman–Crippen MR) is 220 cm³/mol. The number of hydrogen-bond donors (Lipinski definition) is 8. The van der Waals surface area contributed by atoms with Crippen molar-refractivity contribution in [2.24, 2.45) is 51.8 Å². The van der Waals surface area contributed by atoms with E-state index in [2.05, 4.69) is 29.4 Å². The highest BCUT2D eigenvalue weighted by atomic mass is 16.6. The van der Waals surface area contributed by atoms with Gasteiger partial charge in [-0.1, -0.05) is 19.3 Å². The summed E-state index contributed by atoms with van der Waals surface area (Å²) in [6.45, 7) is 7.46. The number of Topliss-reactive ketones (excluding diaryl/α,β-unsaturated/α-hetero) is 1. The number of piperidine rings is 1. The molecule has 0 aromatic carbocycles. The van der Waals surface area contributed by atoms with Crippen LogP contribution in [0.4, 0.5) is 0 Å². The summed E-state index contributed by atoms with van der Waals surface area (Å²) < 4.78 is 18.2.